The maximum Gasteiger partial charge on any atom is 0.220 e. The lowest BCUT2D eigenvalue weighted by Gasteiger charge is -2.32. The van der Waals surface area contributed by atoms with Crippen molar-refractivity contribution in [1.29, 1.82) is 0 Å². The third kappa shape index (κ3) is 4.54. The van der Waals surface area contributed by atoms with Gasteiger partial charge in [-0.2, -0.15) is 0 Å². The Bertz CT molecular complexity index is 211. The van der Waals surface area contributed by atoms with E-state index in [0.717, 1.165) is 5.92 Å². The molecular weight excluding hydrogens is 198 g/mol. The average Bonchev–Trinajstić information content (AvgIpc) is 2.20. The van der Waals surface area contributed by atoms with Gasteiger partial charge in [-0.05, 0) is 31.1 Å². The van der Waals surface area contributed by atoms with Gasteiger partial charge in [0.15, 0.2) is 0 Å². The van der Waals surface area contributed by atoms with Crippen molar-refractivity contribution in [3.8, 4) is 0 Å². The van der Waals surface area contributed by atoms with Crippen molar-refractivity contribution in [2.75, 3.05) is 0 Å². The molecule has 0 aromatic heterocycles. The van der Waals surface area contributed by atoms with Gasteiger partial charge in [-0.15, -0.1) is 0 Å². The fraction of sp³-hybridized carbons (Fsp3) is 0.929. The van der Waals surface area contributed by atoms with E-state index >= 15 is 0 Å². The van der Waals surface area contributed by atoms with Crippen LogP contribution in [0.1, 0.15) is 65.7 Å². The van der Waals surface area contributed by atoms with Crippen molar-refractivity contribution >= 4 is 5.91 Å². The lowest BCUT2D eigenvalue weighted by atomic mass is 9.81. The van der Waals surface area contributed by atoms with Gasteiger partial charge in [-0.1, -0.05) is 40.0 Å². The fourth-order valence-electron chi connectivity index (χ4n) is 2.75. The lowest BCUT2D eigenvalue weighted by molar-refractivity contribution is -0.123. The van der Waals surface area contributed by atoms with E-state index in [2.05, 4.69) is 26.1 Å². The normalized spacial score (nSPS) is 25.8. The van der Waals surface area contributed by atoms with Crippen molar-refractivity contribution in [2.24, 2.45) is 11.8 Å². The summed E-state index contributed by atoms with van der Waals surface area (Å²) in [6.07, 6.45) is 8.31. The second-order valence-electron chi connectivity index (χ2n) is 5.61. The summed E-state index contributed by atoms with van der Waals surface area (Å²) in [6.45, 7) is 6.44. The van der Waals surface area contributed by atoms with Gasteiger partial charge in [0.1, 0.15) is 0 Å². The minimum absolute atomic E-state index is 0.253. The average molecular weight is 225 g/mol. The summed E-state index contributed by atoms with van der Waals surface area (Å²) in [6, 6.07) is 0.458. The Morgan fingerprint density at radius 1 is 1.31 bits per heavy atom. The largest absolute Gasteiger partial charge is 0.353 e. The Hall–Kier alpha value is -0.530. The Morgan fingerprint density at radius 3 is 2.62 bits per heavy atom. The maximum absolute atomic E-state index is 11.8. The van der Waals surface area contributed by atoms with Crippen LogP contribution in [0.3, 0.4) is 0 Å². The number of rotatable bonds is 5. The first-order valence-electron chi connectivity index (χ1n) is 6.92. The Kier molecular flexibility index (Phi) is 5.86. The quantitative estimate of drug-likeness (QED) is 0.762. The molecule has 0 aromatic carbocycles. The molecule has 1 aliphatic rings. The van der Waals surface area contributed by atoms with Crippen LogP contribution in [0.15, 0.2) is 0 Å². The van der Waals surface area contributed by atoms with E-state index in [1.165, 1.54) is 38.5 Å². The molecule has 1 saturated carbocycles. The number of carbonyl (C=O) groups is 1. The molecule has 0 aliphatic heterocycles. The Balaban J connectivity index is 2.39. The summed E-state index contributed by atoms with van der Waals surface area (Å²) in [4.78, 5) is 11.8. The third-order valence-corrected chi connectivity index (χ3v) is 3.51. The molecule has 2 heteroatoms. The van der Waals surface area contributed by atoms with Gasteiger partial charge in [-0.3, -0.25) is 4.79 Å². The second kappa shape index (κ2) is 6.93. The summed E-state index contributed by atoms with van der Waals surface area (Å²) in [5.74, 6) is 1.45. The van der Waals surface area contributed by atoms with Gasteiger partial charge in [0, 0.05) is 12.5 Å². The highest BCUT2D eigenvalue weighted by atomic mass is 16.1. The van der Waals surface area contributed by atoms with Gasteiger partial charge in [0.25, 0.3) is 0 Å². The predicted molar refractivity (Wildman–Crippen MR) is 68.3 cm³/mol. The molecular formula is C14H27NO. The highest BCUT2D eigenvalue weighted by Gasteiger charge is 2.25. The number of hydrogen-bond acceptors (Lipinski definition) is 1. The highest BCUT2D eigenvalue weighted by molar-refractivity contribution is 5.76. The van der Waals surface area contributed by atoms with Crippen LogP contribution in [0.4, 0.5) is 0 Å². The topological polar surface area (TPSA) is 29.1 Å². The number of hydrogen-bond donors (Lipinski definition) is 1. The molecule has 0 radical (unpaired) electrons. The number of nitrogens with one attached hydrogen (secondary N) is 1. The zero-order valence-electron chi connectivity index (χ0n) is 11.1. The van der Waals surface area contributed by atoms with Crippen LogP contribution in [0, 0.1) is 11.8 Å². The lowest BCUT2D eigenvalue weighted by Crippen LogP contribution is -2.42. The smallest absolute Gasteiger partial charge is 0.220 e. The van der Waals surface area contributed by atoms with Crippen molar-refractivity contribution in [1.82, 2.24) is 5.32 Å². The van der Waals surface area contributed by atoms with Crippen LogP contribution in [0.2, 0.25) is 0 Å². The van der Waals surface area contributed by atoms with E-state index in [0.29, 0.717) is 18.4 Å². The first-order valence-corrected chi connectivity index (χ1v) is 6.92. The second-order valence-corrected chi connectivity index (χ2v) is 5.61. The molecule has 0 aromatic rings. The molecule has 1 amide bonds. The van der Waals surface area contributed by atoms with E-state index in [1.807, 2.05) is 0 Å². The van der Waals surface area contributed by atoms with Crippen LogP contribution in [-0.2, 0) is 4.79 Å². The third-order valence-electron chi connectivity index (χ3n) is 3.51. The van der Waals surface area contributed by atoms with Crippen molar-refractivity contribution in [3.05, 3.63) is 0 Å². The molecule has 16 heavy (non-hydrogen) atoms. The molecule has 0 saturated heterocycles. The molecule has 2 atom stereocenters. The van der Waals surface area contributed by atoms with Gasteiger partial charge >= 0.3 is 0 Å². The summed E-state index contributed by atoms with van der Waals surface area (Å²) in [5.41, 5.74) is 0. The van der Waals surface area contributed by atoms with Gasteiger partial charge < -0.3 is 5.32 Å². The Labute approximate surface area is 100 Å². The van der Waals surface area contributed by atoms with Crippen LogP contribution in [0.25, 0.3) is 0 Å². The minimum Gasteiger partial charge on any atom is -0.353 e. The monoisotopic (exact) mass is 225 g/mol. The first kappa shape index (κ1) is 13.5. The van der Waals surface area contributed by atoms with Gasteiger partial charge in [0.05, 0.1) is 0 Å². The van der Waals surface area contributed by atoms with E-state index < -0.39 is 0 Å². The number of amides is 1. The van der Waals surface area contributed by atoms with Crippen molar-refractivity contribution in [2.45, 2.75) is 71.8 Å². The van der Waals surface area contributed by atoms with Crippen LogP contribution in [0.5, 0.6) is 0 Å². The molecule has 1 N–H and O–H groups in total. The molecule has 2 nitrogen and oxygen atoms in total. The first-order chi connectivity index (χ1) is 7.63. The minimum atomic E-state index is 0.253. The summed E-state index contributed by atoms with van der Waals surface area (Å²) in [5, 5.41) is 3.25. The van der Waals surface area contributed by atoms with Gasteiger partial charge in [-0.25, -0.2) is 0 Å². The molecule has 0 bridgehead atoms. The maximum atomic E-state index is 11.8. The van der Waals surface area contributed by atoms with Crippen LogP contribution in [-0.4, -0.2) is 11.9 Å². The summed E-state index contributed by atoms with van der Waals surface area (Å²) < 4.78 is 0. The molecule has 1 fully saturated rings. The van der Waals surface area contributed by atoms with Crippen LogP contribution >= 0.6 is 0 Å². The SMILES string of the molecule is CCC[C@@H]1CCCC[C@@H]1NC(=O)CC(C)C. The molecule has 0 unspecified atom stereocenters. The predicted octanol–water partition coefficient (Wildman–Crippen LogP) is 3.51. The zero-order chi connectivity index (χ0) is 12.0. The van der Waals surface area contributed by atoms with E-state index in [1.54, 1.807) is 0 Å². The van der Waals surface area contributed by atoms with Crippen molar-refractivity contribution in [3.63, 3.8) is 0 Å². The summed E-state index contributed by atoms with van der Waals surface area (Å²) in [7, 11) is 0. The standard InChI is InChI=1S/C14H27NO/c1-4-7-12-8-5-6-9-13(12)15-14(16)10-11(2)3/h11-13H,4-10H2,1-3H3,(H,15,16)/t12-,13+/m1/s1. The van der Waals surface area contributed by atoms with E-state index in [4.69, 9.17) is 0 Å². The number of carbonyl (C=O) groups excluding carboxylic acids is 1. The molecule has 1 rings (SSSR count). The van der Waals surface area contributed by atoms with Crippen molar-refractivity contribution < 1.29 is 4.79 Å². The molecule has 1 aliphatic carbocycles. The van der Waals surface area contributed by atoms with Crippen LogP contribution < -0.4 is 5.32 Å². The molecule has 0 heterocycles. The summed E-state index contributed by atoms with van der Waals surface area (Å²) >= 11 is 0. The molecule has 94 valence electrons. The Morgan fingerprint density at radius 2 is 2.00 bits per heavy atom. The molecule has 0 spiro atoms. The van der Waals surface area contributed by atoms with E-state index in [-0.39, 0.29) is 5.91 Å². The van der Waals surface area contributed by atoms with Gasteiger partial charge in [0.2, 0.25) is 5.91 Å². The zero-order valence-corrected chi connectivity index (χ0v) is 11.1. The van der Waals surface area contributed by atoms with E-state index in [9.17, 15) is 4.79 Å². The fourth-order valence-corrected chi connectivity index (χ4v) is 2.75. The highest BCUT2D eigenvalue weighted by Crippen LogP contribution is 2.28.